The van der Waals surface area contributed by atoms with Gasteiger partial charge in [-0.25, -0.2) is 61.5 Å². The second-order valence-electron chi connectivity index (χ2n) is 16.1. The minimum Gasteiger partial charge on any atom is -0.456 e. The van der Waals surface area contributed by atoms with Crippen LogP contribution in [0.5, 0.6) is 46.0 Å². The van der Waals surface area contributed by atoms with Gasteiger partial charge in [0.15, 0.2) is 69.8 Å². The van der Waals surface area contributed by atoms with Crippen molar-refractivity contribution in [3.63, 3.8) is 0 Å². The number of nitrogens with zero attached hydrogens (tertiary/aromatic N) is 1. The number of hydrogen-bond acceptors (Lipinski definition) is 5. The SMILES string of the molecule is N#Cc1c(Oc2ccc(-c3ccc(Oc4c(F)c(F)c(-c5c(F)c(F)c(F)c(F)c5F)c(F)c4F)cc3)cc2)cccc1Oc1ccc(-c2ccc(Oc3c(F)c(F)c(-c4c(F)c(F)c(F)c(F)c4F)c(F)c3F)cc2)cc1. The third kappa shape index (κ3) is 9.34. The van der Waals surface area contributed by atoms with E-state index in [1.54, 1.807) is 24.3 Å². The molecule has 0 aromatic heterocycles. The molecule has 0 amide bonds. The Morgan fingerprint density at radius 1 is 0.244 bits per heavy atom. The fraction of sp³-hybridized carbons (Fsp3) is 0. The molecule has 23 heteroatoms. The van der Waals surface area contributed by atoms with Gasteiger partial charge in [0, 0.05) is 0 Å². The fourth-order valence-corrected chi connectivity index (χ4v) is 7.63. The average molecular weight is 1100 g/mol. The second-order valence-corrected chi connectivity index (χ2v) is 16.1. The van der Waals surface area contributed by atoms with Crippen molar-refractivity contribution in [1.29, 1.82) is 5.26 Å². The highest BCUT2D eigenvalue weighted by Gasteiger charge is 2.37. The van der Waals surface area contributed by atoms with Crippen LogP contribution in [0.4, 0.5) is 79.0 Å². The number of hydrogen-bond donors (Lipinski definition) is 0. The molecule has 78 heavy (non-hydrogen) atoms. The summed E-state index contributed by atoms with van der Waals surface area (Å²) in [6.45, 7) is 0. The van der Waals surface area contributed by atoms with E-state index in [4.69, 9.17) is 18.9 Å². The molecular weight excluding hydrogens is 1080 g/mol. The third-order valence-electron chi connectivity index (χ3n) is 11.4. The van der Waals surface area contributed by atoms with Crippen LogP contribution in [0.15, 0.2) is 115 Å². The van der Waals surface area contributed by atoms with E-state index in [9.17, 15) is 49.2 Å². The van der Waals surface area contributed by atoms with Crippen LogP contribution in [-0.4, -0.2) is 0 Å². The standard InChI is InChI=1S/C55H19F18NO4/c56-36-32(37(57)45(65)48(68)44(36)64)34-40(60)50(70)54(51(71)41(34)61)77-27-16-8-23(9-17-27)21-4-12-25(13-5-21)75-30-2-1-3-31(29(30)20-74)76-26-14-6-22(7-15-26)24-10-18-28(19-11-24)78-55-52(72)42(62)35(43(63)53(55)73)33-38(58)46(66)49(69)47(67)39(33)59/h1-19H. The van der Waals surface area contributed by atoms with Gasteiger partial charge in [-0.2, -0.15) is 22.8 Å². The van der Waals surface area contributed by atoms with Gasteiger partial charge in [-0.3, -0.25) is 0 Å². The predicted octanol–water partition coefficient (Wildman–Crippen LogP) is 17.9. The summed E-state index contributed by atoms with van der Waals surface area (Å²) in [4.78, 5) is 0. The summed E-state index contributed by atoms with van der Waals surface area (Å²) in [7, 11) is 0. The van der Waals surface area contributed by atoms with E-state index in [0.717, 1.165) is 24.3 Å². The summed E-state index contributed by atoms with van der Waals surface area (Å²) in [6, 6.07) is 28.6. The Morgan fingerprint density at radius 2 is 0.449 bits per heavy atom. The molecule has 0 aliphatic heterocycles. The number of ether oxygens (including phenoxy) is 4. The van der Waals surface area contributed by atoms with E-state index >= 15 is 35.1 Å². The molecule has 0 aliphatic rings. The molecule has 9 aromatic rings. The van der Waals surface area contributed by atoms with E-state index < -0.39 is 150 Å². The van der Waals surface area contributed by atoms with Crippen LogP contribution in [0.25, 0.3) is 44.5 Å². The van der Waals surface area contributed by atoms with Crippen molar-refractivity contribution in [2.24, 2.45) is 0 Å². The molecule has 9 aromatic carbocycles. The van der Waals surface area contributed by atoms with Crippen molar-refractivity contribution < 1.29 is 98.0 Å². The zero-order chi connectivity index (χ0) is 56.2. The molecule has 0 fully saturated rings. The third-order valence-corrected chi connectivity index (χ3v) is 11.4. The minimum absolute atomic E-state index is 0.0449. The van der Waals surface area contributed by atoms with Gasteiger partial charge < -0.3 is 18.9 Å². The monoisotopic (exact) mass is 1100 g/mol. The summed E-state index contributed by atoms with van der Waals surface area (Å²) in [6.07, 6.45) is 0. The van der Waals surface area contributed by atoms with Crippen LogP contribution in [0.2, 0.25) is 0 Å². The van der Waals surface area contributed by atoms with Crippen molar-refractivity contribution in [2.75, 3.05) is 0 Å². The van der Waals surface area contributed by atoms with Gasteiger partial charge in [0.05, 0.1) is 22.3 Å². The average Bonchev–Trinajstić information content (AvgIpc) is 3.53. The first-order chi connectivity index (χ1) is 37.1. The molecule has 0 atom stereocenters. The van der Waals surface area contributed by atoms with Crippen molar-refractivity contribution in [1.82, 2.24) is 0 Å². The van der Waals surface area contributed by atoms with E-state index in [0.29, 0.717) is 22.3 Å². The number of rotatable bonds is 12. The molecule has 0 heterocycles. The van der Waals surface area contributed by atoms with Gasteiger partial charge in [-0.15, -0.1) is 0 Å². The normalized spacial score (nSPS) is 11.2. The highest BCUT2D eigenvalue weighted by molar-refractivity contribution is 5.71. The quantitative estimate of drug-likeness (QED) is 0.0693. The lowest BCUT2D eigenvalue weighted by Crippen LogP contribution is -2.09. The molecule has 5 nitrogen and oxygen atoms in total. The van der Waals surface area contributed by atoms with E-state index in [2.05, 4.69) is 0 Å². The maximum atomic E-state index is 15.0. The van der Waals surface area contributed by atoms with Gasteiger partial charge in [-0.05, 0) is 82.9 Å². The van der Waals surface area contributed by atoms with Crippen LogP contribution in [0.1, 0.15) is 5.56 Å². The molecule has 0 bridgehead atoms. The highest BCUT2D eigenvalue weighted by atomic mass is 19.2. The Balaban J connectivity index is 0.850. The Hall–Kier alpha value is -9.59. The first kappa shape index (κ1) is 53.2. The minimum atomic E-state index is -2.71. The summed E-state index contributed by atoms with van der Waals surface area (Å²) in [5.41, 5.74) is -7.08. The predicted molar refractivity (Wildman–Crippen MR) is 238 cm³/mol. The van der Waals surface area contributed by atoms with Gasteiger partial charge in [-0.1, -0.05) is 54.6 Å². The Kier molecular flexibility index (Phi) is 14.2. The smallest absolute Gasteiger partial charge is 0.205 e. The zero-order valence-corrected chi connectivity index (χ0v) is 37.9. The first-order valence-electron chi connectivity index (χ1n) is 21.5. The lowest BCUT2D eigenvalue weighted by atomic mass is 10.0. The molecule has 0 saturated carbocycles. The van der Waals surface area contributed by atoms with Crippen molar-refractivity contribution in [3.05, 3.63) is 226 Å². The van der Waals surface area contributed by atoms with Crippen LogP contribution >= 0.6 is 0 Å². The molecule has 0 unspecified atom stereocenters. The molecule has 0 radical (unpaired) electrons. The molecule has 0 saturated heterocycles. The first-order valence-corrected chi connectivity index (χ1v) is 21.5. The van der Waals surface area contributed by atoms with Gasteiger partial charge in [0.2, 0.25) is 46.4 Å². The summed E-state index contributed by atoms with van der Waals surface area (Å²) in [5, 5.41) is 10.1. The Labute approximate surface area is 424 Å². The highest BCUT2D eigenvalue weighted by Crippen LogP contribution is 2.44. The van der Waals surface area contributed by atoms with Crippen molar-refractivity contribution >= 4 is 0 Å². The van der Waals surface area contributed by atoms with Gasteiger partial charge in [0.1, 0.15) is 46.1 Å². The number of halogens is 18. The van der Waals surface area contributed by atoms with Crippen LogP contribution in [-0.2, 0) is 0 Å². The zero-order valence-electron chi connectivity index (χ0n) is 37.9. The van der Waals surface area contributed by atoms with Crippen LogP contribution in [0, 0.1) is 116 Å². The van der Waals surface area contributed by atoms with E-state index in [-0.39, 0.29) is 28.6 Å². The largest absolute Gasteiger partial charge is 0.456 e. The topological polar surface area (TPSA) is 60.7 Å². The molecular formula is C55H19F18NO4. The van der Waals surface area contributed by atoms with Crippen molar-refractivity contribution in [3.8, 4) is 96.6 Å². The van der Waals surface area contributed by atoms with Crippen LogP contribution < -0.4 is 18.9 Å². The molecule has 9 rings (SSSR count). The lowest BCUT2D eigenvalue weighted by Gasteiger charge is -2.15. The van der Waals surface area contributed by atoms with Gasteiger partial charge >= 0.3 is 0 Å². The summed E-state index contributed by atoms with van der Waals surface area (Å²) < 4.78 is 281. The Bertz CT molecular complexity index is 3580. The fourth-order valence-electron chi connectivity index (χ4n) is 7.63. The second kappa shape index (κ2) is 20.9. The van der Waals surface area contributed by atoms with Gasteiger partial charge in [0.25, 0.3) is 0 Å². The summed E-state index contributed by atoms with van der Waals surface area (Å²) in [5.74, 6) is -50.1. The van der Waals surface area contributed by atoms with E-state index in [1.807, 2.05) is 6.07 Å². The summed E-state index contributed by atoms with van der Waals surface area (Å²) >= 11 is 0. The number of nitriles is 1. The molecule has 394 valence electrons. The molecule has 0 aliphatic carbocycles. The Morgan fingerprint density at radius 3 is 0.679 bits per heavy atom. The van der Waals surface area contributed by atoms with E-state index in [1.165, 1.54) is 66.7 Å². The van der Waals surface area contributed by atoms with Crippen molar-refractivity contribution in [2.45, 2.75) is 0 Å². The lowest BCUT2D eigenvalue weighted by molar-refractivity contribution is 0.363. The van der Waals surface area contributed by atoms with Crippen LogP contribution in [0.3, 0.4) is 0 Å². The molecule has 0 spiro atoms. The number of benzene rings is 9. The maximum absolute atomic E-state index is 15.0. The maximum Gasteiger partial charge on any atom is 0.205 e. The molecule has 0 N–H and O–H groups in total.